The van der Waals surface area contributed by atoms with Crippen LogP contribution in [0.15, 0.2) is 76.7 Å². The third kappa shape index (κ3) is 5.55. The van der Waals surface area contributed by atoms with E-state index in [1.54, 1.807) is 14.2 Å². The molecule has 1 N–H and O–H groups in total. The quantitative estimate of drug-likeness (QED) is 0.182. The Morgan fingerprint density at radius 1 is 0.919 bits per heavy atom. The third-order valence-electron chi connectivity index (χ3n) is 6.01. The lowest BCUT2D eigenvalue weighted by molar-refractivity contribution is 0.377. The van der Waals surface area contributed by atoms with Crippen LogP contribution in [0.1, 0.15) is 29.7 Å². The molecule has 9 heteroatoms. The van der Waals surface area contributed by atoms with E-state index in [9.17, 15) is 0 Å². The summed E-state index contributed by atoms with van der Waals surface area (Å²) < 4.78 is 26.6. The fourth-order valence-electron chi connectivity index (χ4n) is 4.25. The molecule has 0 amide bonds. The minimum absolute atomic E-state index is 0.138. The molecule has 3 aromatic rings. The van der Waals surface area contributed by atoms with Crippen LogP contribution >= 0.6 is 38.5 Å². The van der Waals surface area contributed by atoms with Crippen LogP contribution in [0.5, 0.6) is 23.0 Å². The number of hydrogen-bond acceptors (Lipinski definition) is 5. The molecule has 3 aromatic carbocycles. The number of halogens is 2. The van der Waals surface area contributed by atoms with Gasteiger partial charge in [0, 0.05) is 37.9 Å². The summed E-state index contributed by atoms with van der Waals surface area (Å²) in [5.74, 6) is 2.09. The van der Waals surface area contributed by atoms with E-state index in [0.717, 1.165) is 36.8 Å². The second-order valence-corrected chi connectivity index (χ2v) is 13.1. The van der Waals surface area contributed by atoms with Crippen LogP contribution in [0, 0.1) is 0 Å². The number of rotatable bonds is 9. The maximum absolute atomic E-state index is 6.62. The zero-order chi connectivity index (χ0) is 26.7. The normalized spacial score (nSPS) is 14.2. The summed E-state index contributed by atoms with van der Waals surface area (Å²) in [6.45, 7) is 6.68. The summed E-state index contributed by atoms with van der Waals surface area (Å²) in [6, 6.07) is 13.8. The van der Waals surface area contributed by atoms with Crippen molar-refractivity contribution in [2.45, 2.75) is 25.8 Å². The van der Waals surface area contributed by atoms with Gasteiger partial charge in [-0.3, -0.25) is 0 Å². The van der Waals surface area contributed by atoms with Crippen LogP contribution in [0.25, 0.3) is 11.1 Å². The molecule has 37 heavy (non-hydrogen) atoms. The number of allylic oxidation sites excluding steroid dienone is 2. The highest BCUT2D eigenvalue weighted by molar-refractivity contribution is 9.11. The molecule has 0 spiro atoms. The van der Waals surface area contributed by atoms with Gasteiger partial charge >= 0.3 is 6.64 Å². The molecule has 1 aliphatic heterocycles. The lowest BCUT2D eigenvalue weighted by Crippen LogP contribution is -2.21. The Morgan fingerprint density at radius 3 is 1.78 bits per heavy atom. The van der Waals surface area contributed by atoms with Crippen molar-refractivity contribution in [3.63, 3.8) is 0 Å². The highest BCUT2D eigenvalue weighted by Gasteiger charge is 2.38. The smallest absolute Gasteiger partial charge is 0.366 e. The van der Waals surface area contributed by atoms with Crippen LogP contribution in [-0.4, -0.2) is 14.2 Å². The van der Waals surface area contributed by atoms with Gasteiger partial charge in [-0.1, -0.05) is 42.5 Å². The molecule has 0 unspecified atom stereocenters. The number of ether oxygens (including phenoxy) is 2. The number of fused-ring (bicyclic) bond motifs is 3. The highest BCUT2D eigenvalue weighted by atomic mass is 79.9. The molecule has 4 rings (SSSR count). The predicted molar refractivity (Wildman–Crippen MR) is 162 cm³/mol. The first-order valence-electron chi connectivity index (χ1n) is 11.6. The zero-order valence-corrected chi connectivity index (χ0v) is 25.7. The molecule has 0 fully saturated rings. The Kier molecular flexibility index (Phi) is 8.87. The van der Waals surface area contributed by atoms with Crippen molar-refractivity contribution < 1.29 is 18.5 Å². The predicted octanol–water partition coefficient (Wildman–Crippen LogP) is 8.70. The Labute approximate surface area is 240 Å². The number of methoxy groups -OCH3 is 2. The lowest BCUT2D eigenvalue weighted by atomic mass is 9.96. The average molecular weight is 665 g/mol. The van der Waals surface area contributed by atoms with E-state index < -0.39 is 6.64 Å². The summed E-state index contributed by atoms with van der Waals surface area (Å²) in [7, 11) is 3.23. The maximum atomic E-state index is 6.62. The zero-order valence-electron chi connectivity index (χ0n) is 20.8. The second-order valence-electron chi connectivity index (χ2n) is 8.44. The molecule has 0 aliphatic carbocycles. The standard InChI is InChI=1S/C28H28Br2NO4PS/c1-6-11-19-15-21(32-4)27-23(25(19)29)24-26(30)20(12-7-2)16-22(33-5)28(24)35-36(37,34-27)31-17(3)18-13-9-8-10-14-18/h6-10,13-17H,1-2,11-12H2,3-5H3,(H,31,37)/t17-/m0/s1. The Balaban J connectivity index is 2.03. The topological polar surface area (TPSA) is 49.0 Å². The SMILES string of the molecule is C=CCc1cc(OC)c2c(c1Br)-c1c(Br)c(CC=C)cc(OC)c1OP(=S)(N[C@@H](C)c1ccccc1)O2. The molecule has 0 saturated heterocycles. The minimum Gasteiger partial charge on any atom is -0.493 e. The fraction of sp³-hybridized carbons (Fsp3) is 0.214. The number of hydrogen-bond donors (Lipinski definition) is 1. The van der Waals surface area contributed by atoms with Crippen molar-refractivity contribution in [3.05, 3.63) is 93.4 Å². The number of benzene rings is 3. The van der Waals surface area contributed by atoms with Gasteiger partial charge in [0.05, 0.1) is 14.2 Å². The summed E-state index contributed by atoms with van der Waals surface area (Å²) in [5, 5.41) is 3.46. The van der Waals surface area contributed by atoms with Crippen molar-refractivity contribution in [2.24, 2.45) is 0 Å². The van der Waals surface area contributed by atoms with E-state index in [2.05, 4.69) is 50.1 Å². The first-order valence-corrected chi connectivity index (χ1v) is 15.8. The molecule has 0 radical (unpaired) electrons. The largest absolute Gasteiger partial charge is 0.493 e. The van der Waals surface area contributed by atoms with Crippen molar-refractivity contribution in [1.29, 1.82) is 0 Å². The van der Waals surface area contributed by atoms with Crippen molar-refractivity contribution in [3.8, 4) is 34.1 Å². The monoisotopic (exact) mass is 663 g/mol. The van der Waals surface area contributed by atoms with Gasteiger partial charge < -0.3 is 18.5 Å². The van der Waals surface area contributed by atoms with E-state index in [1.807, 2.05) is 61.5 Å². The molecule has 1 atom stereocenters. The molecule has 0 saturated carbocycles. The van der Waals surface area contributed by atoms with Gasteiger partial charge in [0.1, 0.15) is 0 Å². The van der Waals surface area contributed by atoms with Crippen LogP contribution in [0.4, 0.5) is 0 Å². The van der Waals surface area contributed by atoms with Gasteiger partial charge in [0.2, 0.25) is 0 Å². The van der Waals surface area contributed by atoms with Crippen molar-refractivity contribution in [1.82, 2.24) is 5.09 Å². The van der Waals surface area contributed by atoms with E-state index in [1.165, 1.54) is 0 Å². The number of nitrogens with one attached hydrogen (secondary N) is 1. The molecule has 0 bridgehead atoms. The minimum atomic E-state index is -3.18. The Bertz CT molecular complexity index is 1320. The van der Waals surface area contributed by atoms with Crippen LogP contribution in [0.3, 0.4) is 0 Å². The molecule has 1 heterocycles. The Morgan fingerprint density at radius 2 is 1.38 bits per heavy atom. The van der Waals surface area contributed by atoms with E-state index in [-0.39, 0.29) is 6.04 Å². The van der Waals surface area contributed by atoms with Gasteiger partial charge in [-0.2, -0.15) is 0 Å². The van der Waals surface area contributed by atoms with Gasteiger partial charge in [0.15, 0.2) is 23.0 Å². The summed E-state index contributed by atoms with van der Waals surface area (Å²) in [6.07, 6.45) is 4.94. The highest BCUT2D eigenvalue weighted by Crippen LogP contribution is 2.63. The van der Waals surface area contributed by atoms with E-state index >= 15 is 0 Å². The summed E-state index contributed by atoms with van der Waals surface area (Å²) >= 11 is 13.8. The van der Waals surface area contributed by atoms with Crippen LogP contribution in [0.2, 0.25) is 0 Å². The van der Waals surface area contributed by atoms with Gasteiger partial charge in [0.25, 0.3) is 0 Å². The molecular formula is C28H28Br2NO4PS. The molecular weight excluding hydrogens is 637 g/mol. The van der Waals surface area contributed by atoms with Crippen LogP contribution < -0.4 is 23.6 Å². The van der Waals surface area contributed by atoms with Crippen molar-refractivity contribution >= 4 is 50.3 Å². The van der Waals surface area contributed by atoms with E-state index in [0.29, 0.717) is 35.8 Å². The Hall–Kier alpha value is -2.09. The molecule has 1 aliphatic rings. The third-order valence-corrected chi connectivity index (χ3v) is 10.1. The lowest BCUT2D eigenvalue weighted by Gasteiger charge is -2.27. The van der Waals surface area contributed by atoms with Gasteiger partial charge in [-0.15, -0.1) is 13.2 Å². The van der Waals surface area contributed by atoms with Crippen molar-refractivity contribution in [2.75, 3.05) is 14.2 Å². The first kappa shape index (κ1) is 27.9. The van der Waals surface area contributed by atoms with Gasteiger partial charge in [-0.05, 0) is 80.4 Å². The van der Waals surface area contributed by atoms with E-state index in [4.69, 9.17) is 30.3 Å². The second kappa shape index (κ2) is 11.7. The maximum Gasteiger partial charge on any atom is 0.366 e. The summed E-state index contributed by atoms with van der Waals surface area (Å²) in [5.41, 5.74) is 4.57. The molecule has 5 nitrogen and oxygen atoms in total. The van der Waals surface area contributed by atoms with Gasteiger partial charge in [-0.25, -0.2) is 5.09 Å². The first-order chi connectivity index (χ1) is 17.8. The van der Waals surface area contributed by atoms with Crippen LogP contribution in [-0.2, 0) is 24.6 Å². The summed E-state index contributed by atoms with van der Waals surface area (Å²) in [4.78, 5) is 0. The molecule has 0 aromatic heterocycles. The molecule has 194 valence electrons. The average Bonchev–Trinajstić information content (AvgIpc) is 3.02. The fourth-order valence-corrected chi connectivity index (χ4v) is 8.09.